The summed E-state index contributed by atoms with van der Waals surface area (Å²) < 4.78 is 0. The average Bonchev–Trinajstić information content (AvgIpc) is 2.46. The minimum Gasteiger partial charge on any atom is -0.336 e. The van der Waals surface area contributed by atoms with Crippen LogP contribution < -0.4 is 0 Å². The van der Waals surface area contributed by atoms with Crippen LogP contribution in [0.15, 0.2) is 18.5 Å². The molecule has 1 aromatic heterocycles. The number of aromatic nitrogens is 1. The van der Waals surface area contributed by atoms with E-state index in [-0.39, 0.29) is 5.91 Å². The SMILES string of the molecule is O=C(c1cnccc1Cl)N1CCN2CCCCC2C1. The molecule has 0 bridgehead atoms. The first-order valence-electron chi connectivity index (χ1n) is 6.88. The Morgan fingerprint density at radius 2 is 2.21 bits per heavy atom. The van der Waals surface area contributed by atoms with Gasteiger partial charge < -0.3 is 4.90 Å². The first kappa shape index (κ1) is 12.9. The van der Waals surface area contributed by atoms with Gasteiger partial charge in [-0.3, -0.25) is 14.7 Å². The standard InChI is InChI=1S/C14H18ClN3O/c15-13-4-5-16-9-12(13)14(19)18-8-7-17-6-2-1-3-11(17)10-18/h4-5,9,11H,1-3,6-8,10H2. The second-order valence-corrected chi connectivity index (χ2v) is 5.70. The van der Waals surface area contributed by atoms with Crippen LogP contribution in [0.3, 0.4) is 0 Å². The summed E-state index contributed by atoms with van der Waals surface area (Å²) in [4.78, 5) is 20.9. The van der Waals surface area contributed by atoms with E-state index in [1.807, 2.05) is 4.90 Å². The molecular weight excluding hydrogens is 262 g/mol. The van der Waals surface area contributed by atoms with Gasteiger partial charge in [-0.1, -0.05) is 18.0 Å². The van der Waals surface area contributed by atoms with Gasteiger partial charge in [-0.15, -0.1) is 0 Å². The van der Waals surface area contributed by atoms with Gasteiger partial charge in [-0.2, -0.15) is 0 Å². The Bertz CT molecular complexity index is 480. The summed E-state index contributed by atoms with van der Waals surface area (Å²) in [5.41, 5.74) is 0.522. The first-order valence-corrected chi connectivity index (χ1v) is 7.26. The number of rotatable bonds is 1. The Kier molecular flexibility index (Phi) is 3.71. The smallest absolute Gasteiger partial charge is 0.257 e. The Labute approximate surface area is 118 Å². The van der Waals surface area contributed by atoms with Crippen molar-refractivity contribution >= 4 is 17.5 Å². The maximum atomic E-state index is 12.5. The van der Waals surface area contributed by atoms with Crippen LogP contribution in [0.4, 0.5) is 0 Å². The summed E-state index contributed by atoms with van der Waals surface area (Å²) in [6.45, 7) is 3.78. The molecule has 2 fully saturated rings. The molecule has 102 valence electrons. The number of piperidine rings is 1. The van der Waals surface area contributed by atoms with Crippen LogP contribution in [0.5, 0.6) is 0 Å². The molecule has 0 N–H and O–H groups in total. The maximum absolute atomic E-state index is 12.5. The van der Waals surface area contributed by atoms with Gasteiger partial charge >= 0.3 is 0 Å². The van der Waals surface area contributed by atoms with Crippen molar-refractivity contribution in [1.82, 2.24) is 14.8 Å². The van der Waals surface area contributed by atoms with Gasteiger partial charge in [0.15, 0.2) is 0 Å². The van der Waals surface area contributed by atoms with Crippen molar-refractivity contribution in [2.75, 3.05) is 26.2 Å². The Balaban J connectivity index is 1.73. The predicted molar refractivity (Wildman–Crippen MR) is 74.4 cm³/mol. The molecule has 0 saturated carbocycles. The van der Waals surface area contributed by atoms with E-state index in [1.165, 1.54) is 25.8 Å². The number of hydrogen-bond donors (Lipinski definition) is 0. The lowest BCUT2D eigenvalue weighted by Gasteiger charge is -2.44. The van der Waals surface area contributed by atoms with Gasteiger partial charge in [0.25, 0.3) is 5.91 Å². The maximum Gasteiger partial charge on any atom is 0.257 e. The van der Waals surface area contributed by atoms with E-state index < -0.39 is 0 Å². The fraction of sp³-hybridized carbons (Fsp3) is 0.571. The molecule has 19 heavy (non-hydrogen) atoms. The lowest BCUT2D eigenvalue weighted by molar-refractivity contribution is 0.0372. The summed E-state index contributed by atoms with van der Waals surface area (Å²) in [5.74, 6) is 0.0170. The lowest BCUT2D eigenvalue weighted by Crippen LogP contribution is -2.56. The molecule has 2 aliphatic rings. The van der Waals surface area contributed by atoms with Crippen molar-refractivity contribution in [2.24, 2.45) is 0 Å². The molecule has 2 aliphatic heterocycles. The number of amides is 1. The second kappa shape index (κ2) is 5.47. The van der Waals surface area contributed by atoms with Crippen LogP contribution in [0, 0.1) is 0 Å². The number of hydrogen-bond acceptors (Lipinski definition) is 3. The quantitative estimate of drug-likeness (QED) is 0.789. The zero-order chi connectivity index (χ0) is 13.2. The van der Waals surface area contributed by atoms with E-state index in [0.717, 1.165) is 19.6 Å². The molecule has 0 spiro atoms. The van der Waals surface area contributed by atoms with Gasteiger partial charge in [0.2, 0.25) is 0 Å². The fourth-order valence-electron chi connectivity index (χ4n) is 3.05. The van der Waals surface area contributed by atoms with Crippen LogP contribution in [-0.2, 0) is 0 Å². The zero-order valence-corrected chi connectivity index (χ0v) is 11.6. The van der Waals surface area contributed by atoms with Gasteiger partial charge in [0.1, 0.15) is 0 Å². The van der Waals surface area contributed by atoms with Crippen LogP contribution in [0.25, 0.3) is 0 Å². The highest BCUT2D eigenvalue weighted by Crippen LogP contribution is 2.23. The van der Waals surface area contributed by atoms with Crippen molar-refractivity contribution < 1.29 is 4.79 Å². The van der Waals surface area contributed by atoms with Gasteiger partial charge in [-0.25, -0.2) is 0 Å². The number of carbonyl (C=O) groups excluding carboxylic acids is 1. The minimum atomic E-state index is 0.0170. The minimum absolute atomic E-state index is 0.0170. The number of halogens is 1. The summed E-state index contributed by atoms with van der Waals surface area (Å²) in [5, 5.41) is 0.492. The highest BCUT2D eigenvalue weighted by Gasteiger charge is 2.31. The molecular formula is C14H18ClN3O. The first-order chi connectivity index (χ1) is 9.25. The average molecular weight is 280 g/mol. The Morgan fingerprint density at radius 1 is 1.32 bits per heavy atom. The highest BCUT2D eigenvalue weighted by atomic mass is 35.5. The molecule has 0 aliphatic carbocycles. The molecule has 4 nitrogen and oxygen atoms in total. The van der Waals surface area contributed by atoms with Crippen LogP contribution in [0.1, 0.15) is 29.6 Å². The molecule has 5 heteroatoms. The van der Waals surface area contributed by atoms with E-state index in [9.17, 15) is 4.79 Å². The summed E-state index contributed by atoms with van der Waals surface area (Å²) in [6.07, 6.45) is 6.94. The van der Waals surface area contributed by atoms with Gasteiger partial charge in [0.05, 0.1) is 10.6 Å². The molecule has 0 radical (unpaired) electrons. The van der Waals surface area contributed by atoms with Crippen LogP contribution in [-0.4, -0.2) is 52.9 Å². The molecule has 1 atom stereocenters. The topological polar surface area (TPSA) is 36.4 Å². The number of pyridine rings is 1. The molecule has 3 rings (SSSR count). The molecule has 1 amide bonds. The van der Waals surface area contributed by atoms with E-state index in [0.29, 0.717) is 16.6 Å². The summed E-state index contributed by atoms with van der Waals surface area (Å²) in [7, 11) is 0. The largest absolute Gasteiger partial charge is 0.336 e. The van der Waals surface area contributed by atoms with Crippen molar-refractivity contribution in [2.45, 2.75) is 25.3 Å². The predicted octanol–water partition coefficient (Wildman–Crippen LogP) is 2.05. The van der Waals surface area contributed by atoms with E-state index in [2.05, 4.69) is 9.88 Å². The van der Waals surface area contributed by atoms with Crippen molar-refractivity contribution in [3.63, 3.8) is 0 Å². The van der Waals surface area contributed by atoms with Crippen molar-refractivity contribution in [1.29, 1.82) is 0 Å². The fourth-order valence-corrected chi connectivity index (χ4v) is 3.23. The highest BCUT2D eigenvalue weighted by molar-refractivity contribution is 6.33. The molecule has 0 aromatic carbocycles. The Hall–Kier alpha value is -1.13. The molecule has 1 aromatic rings. The number of nitrogens with zero attached hydrogens (tertiary/aromatic N) is 3. The molecule has 3 heterocycles. The van der Waals surface area contributed by atoms with E-state index in [1.54, 1.807) is 18.5 Å². The van der Waals surface area contributed by atoms with Crippen molar-refractivity contribution in [3.05, 3.63) is 29.0 Å². The zero-order valence-electron chi connectivity index (χ0n) is 10.9. The van der Waals surface area contributed by atoms with E-state index in [4.69, 9.17) is 11.6 Å². The monoisotopic (exact) mass is 279 g/mol. The van der Waals surface area contributed by atoms with Gasteiger partial charge in [0, 0.05) is 38.1 Å². The van der Waals surface area contributed by atoms with Crippen molar-refractivity contribution in [3.8, 4) is 0 Å². The van der Waals surface area contributed by atoms with Crippen LogP contribution >= 0.6 is 11.6 Å². The normalized spacial score (nSPS) is 24.1. The third-order valence-corrected chi connectivity index (χ3v) is 4.45. The van der Waals surface area contributed by atoms with E-state index >= 15 is 0 Å². The molecule has 2 saturated heterocycles. The van der Waals surface area contributed by atoms with Crippen LogP contribution in [0.2, 0.25) is 5.02 Å². The third kappa shape index (κ3) is 2.60. The third-order valence-electron chi connectivity index (χ3n) is 4.12. The number of carbonyl (C=O) groups is 1. The number of fused-ring (bicyclic) bond motifs is 1. The summed E-state index contributed by atoms with van der Waals surface area (Å²) >= 11 is 6.08. The summed E-state index contributed by atoms with van der Waals surface area (Å²) in [6, 6.07) is 2.20. The van der Waals surface area contributed by atoms with Gasteiger partial charge in [-0.05, 0) is 25.5 Å². The number of piperazine rings is 1. The second-order valence-electron chi connectivity index (χ2n) is 5.29. The molecule has 1 unspecified atom stereocenters. The lowest BCUT2D eigenvalue weighted by atomic mass is 9.99. The Morgan fingerprint density at radius 3 is 3.05 bits per heavy atom.